The van der Waals surface area contributed by atoms with Crippen molar-refractivity contribution in [1.82, 2.24) is 5.32 Å². The zero-order chi connectivity index (χ0) is 17.8. The molecule has 0 radical (unpaired) electrons. The van der Waals surface area contributed by atoms with E-state index in [1.165, 1.54) is 0 Å². The number of rotatable bonds is 4. The van der Waals surface area contributed by atoms with E-state index in [-0.39, 0.29) is 18.6 Å². The van der Waals surface area contributed by atoms with Crippen molar-refractivity contribution in [2.24, 2.45) is 0 Å². The van der Waals surface area contributed by atoms with Gasteiger partial charge >= 0.3 is 5.97 Å². The van der Waals surface area contributed by atoms with Crippen molar-refractivity contribution in [2.75, 3.05) is 13.2 Å². The Morgan fingerprint density at radius 3 is 2.80 bits per heavy atom. The summed E-state index contributed by atoms with van der Waals surface area (Å²) in [6.07, 6.45) is 0.688. The normalized spacial score (nSPS) is 15.7. The number of ether oxygens (including phenoxy) is 2. The molecule has 0 fully saturated rings. The number of nitrogens with one attached hydrogen (secondary N) is 1. The van der Waals surface area contributed by atoms with Crippen LogP contribution in [0.25, 0.3) is 0 Å². The van der Waals surface area contributed by atoms with Crippen LogP contribution in [0.2, 0.25) is 0 Å². The van der Waals surface area contributed by atoms with Gasteiger partial charge in [-0.2, -0.15) is 0 Å². The second-order valence-corrected chi connectivity index (χ2v) is 6.19. The quantitative estimate of drug-likeness (QED) is 0.870. The Hall–Kier alpha value is -2.82. The van der Waals surface area contributed by atoms with Gasteiger partial charge in [0.1, 0.15) is 5.75 Å². The van der Waals surface area contributed by atoms with Crippen LogP contribution in [-0.4, -0.2) is 25.1 Å². The molecule has 0 bridgehead atoms. The monoisotopic (exact) mass is 339 g/mol. The van der Waals surface area contributed by atoms with Gasteiger partial charge in [-0.05, 0) is 31.5 Å². The highest BCUT2D eigenvalue weighted by molar-refractivity contribution is 5.92. The SMILES string of the molecule is Cc1ccc(C(=O)OCC(=O)NC2CCOc3ccccc32)c(C)c1. The molecule has 0 spiro atoms. The van der Waals surface area contributed by atoms with E-state index in [2.05, 4.69) is 5.32 Å². The molecule has 0 aromatic heterocycles. The first-order chi connectivity index (χ1) is 12.0. The van der Waals surface area contributed by atoms with Crippen LogP contribution in [0.4, 0.5) is 0 Å². The number of para-hydroxylation sites is 1. The zero-order valence-corrected chi connectivity index (χ0v) is 14.4. The molecule has 0 aliphatic carbocycles. The molecular weight excluding hydrogens is 318 g/mol. The van der Waals surface area contributed by atoms with Crippen LogP contribution in [0, 0.1) is 13.8 Å². The summed E-state index contributed by atoms with van der Waals surface area (Å²) in [6.45, 7) is 4.06. The number of hydrogen-bond acceptors (Lipinski definition) is 4. The molecule has 1 aliphatic rings. The topological polar surface area (TPSA) is 64.6 Å². The van der Waals surface area contributed by atoms with Crippen LogP contribution in [0.3, 0.4) is 0 Å². The maximum atomic E-state index is 12.2. The van der Waals surface area contributed by atoms with Gasteiger partial charge in [0.15, 0.2) is 6.61 Å². The number of carbonyl (C=O) groups excluding carboxylic acids is 2. The van der Waals surface area contributed by atoms with Crippen LogP contribution < -0.4 is 10.1 Å². The third kappa shape index (κ3) is 3.99. The summed E-state index contributed by atoms with van der Waals surface area (Å²) in [5, 5.41) is 2.91. The lowest BCUT2D eigenvalue weighted by atomic mass is 10.0. The van der Waals surface area contributed by atoms with E-state index in [0.29, 0.717) is 18.6 Å². The highest BCUT2D eigenvalue weighted by Crippen LogP contribution is 2.31. The van der Waals surface area contributed by atoms with Gasteiger partial charge in [0.25, 0.3) is 5.91 Å². The number of fused-ring (bicyclic) bond motifs is 1. The van der Waals surface area contributed by atoms with Crippen LogP contribution in [0.1, 0.15) is 39.5 Å². The first kappa shape index (κ1) is 17.0. The summed E-state index contributed by atoms with van der Waals surface area (Å²) in [5.74, 6) is -0.0221. The van der Waals surface area contributed by atoms with Crippen molar-refractivity contribution in [3.63, 3.8) is 0 Å². The minimum absolute atomic E-state index is 0.128. The van der Waals surface area contributed by atoms with Gasteiger partial charge in [0.2, 0.25) is 0 Å². The van der Waals surface area contributed by atoms with E-state index in [1.54, 1.807) is 6.07 Å². The Morgan fingerprint density at radius 2 is 2.00 bits per heavy atom. The van der Waals surface area contributed by atoms with E-state index in [0.717, 1.165) is 22.4 Å². The number of carbonyl (C=O) groups is 2. The summed E-state index contributed by atoms with van der Waals surface area (Å²) < 4.78 is 10.7. The molecule has 1 heterocycles. The molecule has 5 heteroatoms. The Balaban J connectivity index is 1.58. The molecular formula is C20H21NO4. The molecule has 130 valence electrons. The first-order valence-corrected chi connectivity index (χ1v) is 8.30. The standard InChI is InChI=1S/C20H21NO4/c1-13-7-8-15(14(2)11-13)20(23)25-12-19(22)21-17-9-10-24-18-6-4-3-5-16(17)18/h3-8,11,17H,9-10,12H2,1-2H3,(H,21,22). The number of benzene rings is 2. The smallest absolute Gasteiger partial charge is 0.338 e. The van der Waals surface area contributed by atoms with E-state index in [4.69, 9.17) is 9.47 Å². The molecule has 1 atom stereocenters. The van der Waals surface area contributed by atoms with Crippen LogP contribution in [-0.2, 0) is 9.53 Å². The van der Waals surface area contributed by atoms with Gasteiger partial charge in [-0.15, -0.1) is 0 Å². The van der Waals surface area contributed by atoms with Crippen molar-refractivity contribution in [2.45, 2.75) is 26.3 Å². The molecule has 2 aromatic carbocycles. The average molecular weight is 339 g/mol. The fourth-order valence-corrected chi connectivity index (χ4v) is 2.98. The average Bonchev–Trinajstić information content (AvgIpc) is 2.60. The maximum absolute atomic E-state index is 12.2. The highest BCUT2D eigenvalue weighted by Gasteiger charge is 2.23. The molecule has 1 unspecified atom stereocenters. The largest absolute Gasteiger partial charge is 0.493 e. The number of hydrogen-bond donors (Lipinski definition) is 1. The first-order valence-electron chi connectivity index (χ1n) is 8.30. The number of aryl methyl sites for hydroxylation is 2. The van der Waals surface area contributed by atoms with Crippen LogP contribution in [0.15, 0.2) is 42.5 Å². The Labute approximate surface area is 147 Å². The van der Waals surface area contributed by atoms with E-state index >= 15 is 0 Å². The van der Waals surface area contributed by atoms with E-state index < -0.39 is 5.97 Å². The van der Waals surface area contributed by atoms with Crippen LogP contribution in [0.5, 0.6) is 5.75 Å². The van der Waals surface area contributed by atoms with Crippen molar-refractivity contribution in [3.8, 4) is 5.75 Å². The molecule has 0 saturated heterocycles. The summed E-state index contributed by atoms with van der Waals surface area (Å²) in [5.41, 5.74) is 3.34. The van der Waals surface area contributed by atoms with Crippen LogP contribution >= 0.6 is 0 Å². The van der Waals surface area contributed by atoms with Crippen molar-refractivity contribution >= 4 is 11.9 Å². The molecule has 1 amide bonds. The predicted octanol–water partition coefficient (Wildman–Crippen LogP) is 3.10. The molecule has 1 N–H and O–H groups in total. The summed E-state index contributed by atoms with van der Waals surface area (Å²) in [4.78, 5) is 24.3. The third-order valence-electron chi connectivity index (χ3n) is 4.23. The molecule has 5 nitrogen and oxygen atoms in total. The van der Waals surface area contributed by atoms with Crippen molar-refractivity contribution in [1.29, 1.82) is 0 Å². The molecule has 3 rings (SSSR count). The van der Waals surface area contributed by atoms with E-state index in [1.807, 2.05) is 50.2 Å². The molecule has 0 saturated carbocycles. The lowest BCUT2D eigenvalue weighted by Crippen LogP contribution is -2.35. The van der Waals surface area contributed by atoms with Gasteiger partial charge in [0.05, 0.1) is 18.2 Å². The van der Waals surface area contributed by atoms with Gasteiger partial charge in [-0.3, -0.25) is 4.79 Å². The lowest BCUT2D eigenvalue weighted by molar-refractivity contribution is -0.125. The molecule has 25 heavy (non-hydrogen) atoms. The fraction of sp³-hybridized carbons (Fsp3) is 0.300. The number of amides is 1. The summed E-state index contributed by atoms with van der Waals surface area (Å²) in [7, 11) is 0. The summed E-state index contributed by atoms with van der Waals surface area (Å²) >= 11 is 0. The maximum Gasteiger partial charge on any atom is 0.338 e. The Bertz CT molecular complexity index is 800. The highest BCUT2D eigenvalue weighted by atomic mass is 16.5. The lowest BCUT2D eigenvalue weighted by Gasteiger charge is -2.26. The van der Waals surface area contributed by atoms with Gasteiger partial charge < -0.3 is 14.8 Å². The molecule has 2 aromatic rings. The molecule has 1 aliphatic heterocycles. The van der Waals surface area contributed by atoms with Crippen molar-refractivity contribution < 1.29 is 19.1 Å². The van der Waals surface area contributed by atoms with Crippen molar-refractivity contribution in [3.05, 3.63) is 64.7 Å². The summed E-state index contributed by atoms with van der Waals surface area (Å²) in [6, 6.07) is 13.0. The Kier molecular flexibility index (Phi) is 5.03. The van der Waals surface area contributed by atoms with Gasteiger partial charge in [-0.1, -0.05) is 35.9 Å². The second-order valence-electron chi connectivity index (χ2n) is 6.19. The minimum atomic E-state index is -0.486. The Morgan fingerprint density at radius 1 is 1.20 bits per heavy atom. The predicted molar refractivity (Wildman–Crippen MR) is 93.6 cm³/mol. The zero-order valence-electron chi connectivity index (χ0n) is 14.4. The third-order valence-corrected chi connectivity index (χ3v) is 4.23. The fourth-order valence-electron chi connectivity index (χ4n) is 2.98. The van der Waals surface area contributed by atoms with Gasteiger partial charge in [0, 0.05) is 12.0 Å². The number of esters is 1. The van der Waals surface area contributed by atoms with Gasteiger partial charge in [-0.25, -0.2) is 4.79 Å². The van der Waals surface area contributed by atoms with E-state index in [9.17, 15) is 9.59 Å². The minimum Gasteiger partial charge on any atom is -0.493 e. The second kappa shape index (κ2) is 7.38.